The molecule has 2 saturated heterocycles. The number of carbonyl (C=O) groups excluding carboxylic acids is 3. The maximum absolute atomic E-state index is 13.7. The molecule has 3 amide bonds. The van der Waals surface area contributed by atoms with Crippen molar-refractivity contribution in [3.05, 3.63) is 60.2 Å². The van der Waals surface area contributed by atoms with E-state index in [-0.39, 0.29) is 23.4 Å². The van der Waals surface area contributed by atoms with E-state index in [4.69, 9.17) is 0 Å². The third-order valence-electron chi connectivity index (χ3n) is 9.16. The van der Waals surface area contributed by atoms with Gasteiger partial charge in [-0.2, -0.15) is 4.31 Å². The Kier molecular flexibility index (Phi) is 10.4. The maximum Gasteiger partial charge on any atom is 0.251 e. The predicted molar refractivity (Wildman–Crippen MR) is 180 cm³/mol. The highest BCUT2D eigenvalue weighted by atomic mass is 32.2. The number of rotatable bonds is 11. The summed E-state index contributed by atoms with van der Waals surface area (Å²) >= 11 is 0. The van der Waals surface area contributed by atoms with Gasteiger partial charge >= 0.3 is 0 Å². The number of aliphatic hydroxyl groups is 2. The van der Waals surface area contributed by atoms with Crippen LogP contribution < -0.4 is 26.6 Å². The fourth-order valence-corrected chi connectivity index (χ4v) is 8.65. The lowest BCUT2D eigenvalue weighted by molar-refractivity contribution is -0.136. The Bertz CT molecular complexity index is 1710. The predicted octanol–water partition coefficient (Wildman–Crippen LogP) is -0.997. The summed E-state index contributed by atoms with van der Waals surface area (Å²) in [7, 11) is -4.00. The molecule has 1 saturated carbocycles. The Hall–Kier alpha value is -4.58. The highest BCUT2D eigenvalue weighted by Crippen LogP contribution is 2.42. The number of piperidine rings is 2. The van der Waals surface area contributed by atoms with Crippen LogP contribution >= 0.6 is 0 Å². The molecule has 0 radical (unpaired) electrons. The van der Waals surface area contributed by atoms with E-state index < -0.39 is 52.7 Å². The minimum absolute atomic E-state index is 0.0820. The van der Waals surface area contributed by atoms with Crippen molar-refractivity contribution in [2.24, 2.45) is 15.9 Å². The third-order valence-corrected chi connectivity index (χ3v) is 11.1. The highest BCUT2D eigenvalue weighted by molar-refractivity contribution is 7.89. The minimum atomic E-state index is -4.00. The van der Waals surface area contributed by atoms with Gasteiger partial charge in [-0.1, -0.05) is 24.3 Å². The summed E-state index contributed by atoms with van der Waals surface area (Å²) in [6.45, 7) is 1.95. The number of hydrogen-bond donors (Lipinski definition) is 7. The first-order valence-electron chi connectivity index (χ1n) is 16.4. The van der Waals surface area contributed by atoms with Crippen molar-refractivity contribution in [1.29, 1.82) is 0 Å². The molecule has 262 valence electrons. The van der Waals surface area contributed by atoms with Crippen molar-refractivity contribution in [1.82, 2.24) is 30.5 Å². The van der Waals surface area contributed by atoms with Gasteiger partial charge in [0.2, 0.25) is 33.8 Å². The van der Waals surface area contributed by atoms with Gasteiger partial charge in [-0.05, 0) is 61.9 Å². The lowest BCUT2D eigenvalue weighted by atomic mass is 9.76. The summed E-state index contributed by atoms with van der Waals surface area (Å²) < 4.78 is 28.6. The summed E-state index contributed by atoms with van der Waals surface area (Å²) in [5, 5.41) is 34.1. The number of nitrogens with zero attached hydrogens (tertiary/aromatic N) is 4. The number of hydrogen-bond acceptors (Lipinski definition) is 12. The second-order valence-electron chi connectivity index (χ2n) is 12.4. The largest absolute Gasteiger partial charge is 0.366 e. The Labute approximate surface area is 284 Å². The van der Waals surface area contributed by atoms with Crippen LogP contribution in [0.1, 0.15) is 36.0 Å². The van der Waals surface area contributed by atoms with Crippen LogP contribution in [0, 0.1) is 5.92 Å². The molecular weight excluding hydrogens is 654 g/mol. The molecule has 2 aromatic rings. The molecule has 5 aliphatic rings. The average Bonchev–Trinajstić information content (AvgIpc) is 3.82. The van der Waals surface area contributed by atoms with Crippen LogP contribution in [0.5, 0.6) is 0 Å². The number of carbonyl (C=O) groups is 3. The van der Waals surface area contributed by atoms with Gasteiger partial charge in [-0.25, -0.2) is 8.42 Å². The first-order chi connectivity index (χ1) is 23.6. The lowest BCUT2D eigenvalue weighted by Crippen LogP contribution is -2.64. The zero-order chi connectivity index (χ0) is 34.5. The first-order valence-corrected chi connectivity index (χ1v) is 17.8. The van der Waals surface area contributed by atoms with E-state index in [9.17, 15) is 33.0 Å². The molecule has 16 nitrogen and oxygen atoms in total. The number of fused-ring (bicyclic) bond motifs is 3. The van der Waals surface area contributed by atoms with Crippen LogP contribution in [0.3, 0.4) is 0 Å². The smallest absolute Gasteiger partial charge is 0.251 e. The Morgan fingerprint density at radius 2 is 1.73 bits per heavy atom. The van der Waals surface area contributed by atoms with E-state index in [0.717, 1.165) is 12.5 Å². The summed E-state index contributed by atoms with van der Waals surface area (Å²) in [5.74, 6) is -0.680. The van der Waals surface area contributed by atoms with E-state index in [0.29, 0.717) is 62.5 Å². The summed E-state index contributed by atoms with van der Waals surface area (Å²) in [6.07, 6.45) is 0.566. The first kappa shape index (κ1) is 34.3. The van der Waals surface area contributed by atoms with Crippen molar-refractivity contribution in [3.63, 3.8) is 0 Å². The zero-order valence-electron chi connectivity index (χ0n) is 26.8. The topological polar surface area (TPSA) is 217 Å². The van der Waals surface area contributed by atoms with E-state index in [1.54, 1.807) is 42.5 Å². The molecule has 1 unspecified atom stereocenters. The molecule has 2 atom stereocenters. The molecular formula is C32H41N9O7S. The van der Waals surface area contributed by atoms with Gasteiger partial charge in [-0.15, -0.1) is 0 Å². The fourth-order valence-electron chi connectivity index (χ4n) is 6.74. The normalized spacial score (nSPS) is 22.6. The van der Waals surface area contributed by atoms with Crippen molar-refractivity contribution in [2.75, 3.05) is 44.6 Å². The second kappa shape index (κ2) is 14.9. The number of amides is 3. The standard InChI is InChI=1S/C32H41N9O7S/c42-26(19-37-28(43)21-5-4-6-22(17-21)38-32-35-15-16-40(32)31-33-13-14-34-31)36-18-25(30(45)46)39-29(44)27-20-9-11-23(12-10-20)41(27)49(47,48)24-7-2-1-3-8-24/h1-8,17,20,23,25,27,30,45-46H,9-16,18-19H2,(H,33,34)(H,35,38)(H,36,42)(H,37,43)(H,39,44)/t20?,23?,25-,27?/m1/s1. The van der Waals surface area contributed by atoms with Crippen LogP contribution in [0.4, 0.5) is 5.69 Å². The summed E-state index contributed by atoms with van der Waals surface area (Å²) in [5.41, 5.74) is 0.921. The number of aliphatic hydroxyl groups excluding tert-OH is 1. The SMILES string of the molecule is O=C(CNC(=O)c1cccc(NC2=NCCN2C2=NCCN2)c1)NC[C@@H](NC(=O)C1C2CCC(CC2)N1S(=O)(=O)c1ccccc1)C(O)O. The van der Waals surface area contributed by atoms with Crippen molar-refractivity contribution in [3.8, 4) is 0 Å². The molecule has 0 spiro atoms. The van der Waals surface area contributed by atoms with Crippen molar-refractivity contribution < 1.29 is 33.0 Å². The average molecular weight is 696 g/mol. The third kappa shape index (κ3) is 7.69. The summed E-state index contributed by atoms with van der Waals surface area (Å²) in [6, 6.07) is 11.9. The molecule has 4 aliphatic heterocycles. The molecule has 3 fully saturated rings. The Balaban J connectivity index is 1.02. The number of sulfonamides is 1. The minimum Gasteiger partial charge on any atom is -0.366 e. The van der Waals surface area contributed by atoms with Gasteiger partial charge in [0.05, 0.1) is 30.6 Å². The number of anilines is 1. The van der Waals surface area contributed by atoms with Gasteiger partial charge in [-0.3, -0.25) is 29.3 Å². The molecule has 49 heavy (non-hydrogen) atoms. The molecule has 7 rings (SSSR count). The summed E-state index contributed by atoms with van der Waals surface area (Å²) in [4.78, 5) is 50.1. The lowest BCUT2D eigenvalue weighted by Gasteiger charge is -2.49. The number of aliphatic imine (C=N–C) groups is 2. The van der Waals surface area contributed by atoms with Crippen LogP contribution in [0.15, 0.2) is 69.5 Å². The molecule has 17 heteroatoms. The van der Waals surface area contributed by atoms with Gasteiger partial charge in [0.1, 0.15) is 6.04 Å². The van der Waals surface area contributed by atoms with Crippen molar-refractivity contribution in [2.45, 2.75) is 55.0 Å². The molecule has 4 heterocycles. The maximum atomic E-state index is 13.7. The van der Waals surface area contributed by atoms with Gasteiger partial charge in [0.15, 0.2) is 6.29 Å². The Morgan fingerprint density at radius 1 is 0.959 bits per heavy atom. The van der Waals surface area contributed by atoms with Crippen molar-refractivity contribution >= 4 is 45.4 Å². The van der Waals surface area contributed by atoms with E-state index >= 15 is 0 Å². The molecule has 2 bridgehead atoms. The Morgan fingerprint density at radius 3 is 2.45 bits per heavy atom. The number of nitrogens with one attached hydrogen (secondary N) is 5. The van der Waals surface area contributed by atoms with Gasteiger partial charge < -0.3 is 36.8 Å². The molecule has 1 aliphatic carbocycles. The molecule has 7 N–H and O–H groups in total. The number of guanidine groups is 2. The number of benzene rings is 2. The molecule has 2 aromatic carbocycles. The van der Waals surface area contributed by atoms with E-state index in [1.807, 2.05) is 4.90 Å². The van der Waals surface area contributed by atoms with Crippen LogP contribution in [-0.4, -0.2) is 121 Å². The zero-order valence-corrected chi connectivity index (χ0v) is 27.6. The van der Waals surface area contributed by atoms with E-state index in [1.165, 1.54) is 16.4 Å². The van der Waals surface area contributed by atoms with Crippen LogP contribution in [0.25, 0.3) is 0 Å². The fraction of sp³-hybridized carbons (Fsp3) is 0.469. The van der Waals surface area contributed by atoms with Gasteiger partial charge in [0, 0.05) is 36.9 Å². The second-order valence-corrected chi connectivity index (χ2v) is 14.2. The van der Waals surface area contributed by atoms with E-state index in [2.05, 4.69) is 36.6 Å². The van der Waals surface area contributed by atoms with Gasteiger partial charge in [0.25, 0.3) is 5.91 Å². The monoisotopic (exact) mass is 695 g/mol. The highest BCUT2D eigenvalue weighted by Gasteiger charge is 2.51. The van der Waals surface area contributed by atoms with Crippen LogP contribution in [-0.2, 0) is 19.6 Å². The van der Waals surface area contributed by atoms with Crippen LogP contribution in [0.2, 0.25) is 0 Å². The quantitative estimate of drug-likeness (QED) is 0.142. The molecule has 0 aromatic heterocycles.